The van der Waals surface area contributed by atoms with E-state index in [-0.39, 0.29) is 0 Å². The molecule has 1 unspecified atom stereocenters. The van der Waals surface area contributed by atoms with Gasteiger partial charge in [-0.05, 0) is 46.5 Å². The summed E-state index contributed by atoms with van der Waals surface area (Å²) in [5.74, 6) is 0.738. The zero-order chi connectivity index (χ0) is 14.3. The minimum Gasteiger partial charge on any atom is -0.389 e. The smallest absolute Gasteiger partial charge is 0.104 e. The lowest BCUT2D eigenvalue weighted by Gasteiger charge is -2.17. The van der Waals surface area contributed by atoms with Crippen molar-refractivity contribution in [2.75, 3.05) is 11.9 Å². The summed E-state index contributed by atoms with van der Waals surface area (Å²) in [7, 11) is 0. The number of halogens is 1. The van der Waals surface area contributed by atoms with E-state index in [1.807, 2.05) is 18.2 Å². The van der Waals surface area contributed by atoms with E-state index in [4.69, 9.17) is 18.0 Å². The van der Waals surface area contributed by atoms with E-state index >= 15 is 0 Å². The number of unbranched alkanes of at least 4 members (excludes halogenated alkanes) is 1. The van der Waals surface area contributed by atoms with Crippen LogP contribution in [0.2, 0.25) is 0 Å². The number of nitrogens with two attached hydrogens (primary N) is 1. The summed E-state index contributed by atoms with van der Waals surface area (Å²) < 4.78 is 1.02. The van der Waals surface area contributed by atoms with E-state index in [0.29, 0.717) is 4.99 Å². The average molecular weight is 343 g/mol. The molecule has 19 heavy (non-hydrogen) atoms. The van der Waals surface area contributed by atoms with Crippen molar-refractivity contribution in [1.29, 1.82) is 0 Å². The van der Waals surface area contributed by atoms with Crippen LogP contribution in [-0.4, -0.2) is 11.5 Å². The summed E-state index contributed by atoms with van der Waals surface area (Å²) in [4.78, 5) is 0.432. The Hall–Kier alpha value is -0.610. The molecule has 0 spiro atoms. The first kappa shape index (κ1) is 16.4. The Labute approximate surface area is 130 Å². The van der Waals surface area contributed by atoms with E-state index in [1.54, 1.807) is 0 Å². The van der Waals surface area contributed by atoms with E-state index in [2.05, 4.69) is 35.1 Å². The minimum absolute atomic E-state index is 0.432. The quantitative estimate of drug-likeness (QED) is 0.671. The highest BCUT2D eigenvalue weighted by Gasteiger charge is 2.08. The molecule has 1 aromatic rings. The Balaban J connectivity index is 2.59. The molecule has 0 bridgehead atoms. The molecule has 3 N–H and O–H groups in total. The van der Waals surface area contributed by atoms with Crippen molar-refractivity contribution in [2.24, 2.45) is 11.7 Å². The molecule has 0 heterocycles. The molecule has 0 fully saturated rings. The number of benzene rings is 1. The summed E-state index contributed by atoms with van der Waals surface area (Å²) in [6.45, 7) is 5.51. The van der Waals surface area contributed by atoms with Crippen molar-refractivity contribution in [3.63, 3.8) is 0 Å². The standard InChI is InChI=1S/C15H23BrN2S/c1-3-5-6-11(4-2)10-18-14-8-7-12(15(17)19)9-13(14)16/h7-9,11,18H,3-6,10H2,1-2H3,(H2,17,19). The topological polar surface area (TPSA) is 38.0 Å². The minimum atomic E-state index is 0.432. The molecule has 0 amide bonds. The molecule has 0 radical (unpaired) electrons. The summed E-state index contributed by atoms with van der Waals surface area (Å²) >= 11 is 8.54. The highest BCUT2D eigenvalue weighted by molar-refractivity contribution is 9.10. The van der Waals surface area contributed by atoms with Crippen LogP contribution in [0.3, 0.4) is 0 Å². The fourth-order valence-electron chi connectivity index (χ4n) is 2.01. The molecule has 4 heteroatoms. The summed E-state index contributed by atoms with van der Waals surface area (Å²) in [5.41, 5.74) is 7.62. The van der Waals surface area contributed by atoms with Gasteiger partial charge in [0.25, 0.3) is 0 Å². The maximum Gasteiger partial charge on any atom is 0.104 e. The number of hydrogen-bond donors (Lipinski definition) is 2. The SMILES string of the molecule is CCCCC(CC)CNc1ccc(C(N)=S)cc1Br. The first-order valence-corrected chi connectivity index (χ1v) is 8.11. The van der Waals surface area contributed by atoms with Gasteiger partial charge in [0.2, 0.25) is 0 Å². The molecule has 0 saturated carbocycles. The average Bonchev–Trinajstić information content (AvgIpc) is 2.40. The van der Waals surface area contributed by atoms with Crippen LogP contribution in [-0.2, 0) is 0 Å². The fraction of sp³-hybridized carbons (Fsp3) is 0.533. The Morgan fingerprint density at radius 3 is 2.68 bits per heavy atom. The second-order valence-electron chi connectivity index (χ2n) is 4.86. The van der Waals surface area contributed by atoms with Crippen LogP contribution in [0, 0.1) is 5.92 Å². The molecule has 0 aliphatic heterocycles. The Morgan fingerprint density at radius 2 is 2.16 bits per heavy atom. The van der Waals surface area contributed by atoms with Crippen LogP contribution in [0.4, 0.5) is 5.69 Å². The number of anilines is 1. The van der Waals surface area contributed by atoms with Crippen molar-refractivity contribution >= 4 is 38.8 Å². The van der Waals surface area contributed by atoms with Gasteiger partial charge in [0, 0.05) is 22.3 Å². The van der Waals surface area contributed by atoms with Gasteiger partial charge in [-0.1, -0.05) is 45.3 Å². The van der Waals surface area contributed by atoms with Gasteiger partial charge in [0.15, 0.2) is 0 Å². The number of rotatable bonds is 8. The third-order valence-electron chi connectivity index (χ3n) is 3.38. The lowest BCUT2D eigenvalue weighted by atomic mass is 9.99. The van der Waals surface area contributed by atoms with Crippen molar-refractivity contribution in [2.45, 2.75) is 39.5 Å². The first-order valence-electron chi connectivity index (χ1n) is 6.91. The van der Waals surface area contributed by atoms with Crippen LogP contribution >= 0.6 is 28.1 Å². The summed E-state index contributed by atoms with van der Waals surface area (Å²) in [6.07, 6.45) is 5.09. The summed E-state index contributed by atoms with van der Waals surface area (Å²) in [5, 5.41) is 3.51. The molecule has 1 rings (SSSR count). The van der Waals surface area contributed by atoms with Gasteiger partial charge in [-0.15, -0.1) is 0 Å². The number of hydrogen-bond acceptors (Lipinski definition) is 2. The molecular formula is C15H23BrN2S. The van der Waals surface area contributed by atoms with Gasteiger partial charge in [-0.3, -0.25) is 0 Å². The molecule has 0 aromatic heterocycles. The Morgan fingerprint density at radius 1 is 1.42 bits per heavy atom. The summed E-state index contributed by atoms with van der Waals surface area (Å²) in [6, 6.07) is 5.96. The monoisotopic (exact) mass is 342 g/mol. The molecule has 1 aromatic carbocycles. The second kappa shape index (κ2) is 8.54. The first-order chi connectivity index (χ1) is 9.08. The predicted octanol–water partition coefficient (Wildman–Crippen LogP) is 4.71. The van der Waals surface area contributed by atoms with Gasteiger partial charge in [-0.25, -0.2) is 0 Å². The van der Waals surface area contributed by atoms with E-state index in [1.165, 1.54) is 25.7 Å². The van der Waals surface area contributed by atoms with Crippen molar-refractivity contribution in [1.82, 2.24) is 0 Å². The molecule has 0 aliphatic rings. The second-order valence-corrected chi connectivity index (χ2v) is 6.15. The van der Waals surface area contributed by atoms with Crippen molar-refractivity contribution < 1.29 is 0 Å². The maximum absolute atomic E-state index is 5.62. The van der Waals surface area contributed by atoms with Crippen LogP contribution < -0.4 is 11.1 Å². The van der Waals surface area contributed by atoms with Crippen LogP contribution in [0.25, 0.3) is 0 Å². The van der Waals surface area contributed by atoms with E-state index < -0.39 is 0 Å². The molecule has 106 valence electrons. The fourth-order valence-corrected chi connectivity index (χ4v) is 2.66. The third-order valence-corrected chi connectivity index (χ3v) is 4.27. The van der Waals surface area contributed by atoms with Gasteiger partial charge >= 0.3 is 0 Å². The lowest BCUT2D eigenvalue weighted by molar-refractivity contribution is 0.473. The molecule has 0 saturated heterocycles. The Bertz CT molecular complexity index is 421. The molecule has 0 aliphatic carbocycles. The van der Waals surface area contributed by atoms with Crippen LogP contribution in [0.5, 0.6) is 0 Å². The molecule has 1 atom stereocenters. The zero-order valence-electron chi connectivity index (χ0n) is 11.7. The number of nitrogens with one attached hydrogen (secondary N) is 1. The van der Waals surface area contributed by atoms with Gasteiger partial charge in [0.1, 0.15) is 4.99 Å². The van der Waals surface area contributed by atoms with E-state index in [9.17, 15) is 0 Å². The number of thiocarbonyl (C=S) groups is 1. The molecular weight excluding hydrogens is 320 g/mol. The lowest BCUT2D eigenvalue weighted by Crippen LogP contribution is -2.14. The largest absolute Gasteiger partial charge is 0.389 e. The van der Waals surface area contributed by atoms with E-state index in [0.717, 1.165) is 28.2 Å². The maximum atomic E-state index is 5.62. The third kappa shape index (κ3) is 5.49. The highest BCUT2D eigenvalue weighted by atomic mass is 79.9. The molecule has 2 nitrogen and oxygen atoms in total. The van der Waals surface area contributed by atoms with Gasteiger partial charge in [-0.2, -0.15) is 0 Å². The normalized spacial score (nSPS) is 12.2. The van der Waals surface area contributed by atoms with Crippen molar-refractivity contribution in [3.05, 3.63) is 28.2 Å². The van der Waals surface area contributed by atoms with Crippen LogP contribution in [0.1, 0.15) is 45.1 Å². The van der Waals surface area contributed by atoms with Crippen molar-refractivity contribution in [3.8, 4) is 0 Å². The highest BCUT2D eigenvalue weighted by Crippen LogP contribution is 2.24. The predicted molar refractivity (Wildman–Crippen MR) is 91.8 cm³/mol. The van der Waals surface area contributed by atoms with Crippen LogP contribution in [0.15, 0.2) is 22.7 Å². The Kier molecular flexibility index (Phi) is 7.39. The van der Waals surface area contributed by atoms with Gasteiger partial charge < -0.3 is 11.1 Å². The zero-order valence-corrected chi connectivity index (χ0v) is 14.1. The van der Waals surface area contributed by atoms with Gasteiger partial charge in [0.05, 0.1) is 0 Å².